The number of quaternary nitrogens is 2. The Kier molecular flexibility index (Phi) is 42.9. The molecule has 0 saturated heterocycles. The summed E-state index contributed by atoms with van der Waals surface area (Å²) in [6, 6.07) is 0. The second kappa shape index (κ2) is 37.8. The van der Waals surface area contributed by atoms with E-state index in [-0.39, 0.29) is 54.2 Å². The molecule has 1 unspecified atom stereocenters. The molecule has 8 nitrogen and oxygen atoms in total. The van der Waals surface area contributed by atoms with Gasteiger partial charge in [0.25, 0.3) is 0 Å². The van der Waals surface area contributed by atoms with Crippen molar-refractivity contribution in [2.45, 2.75) is 145 Å². The molecule has 0 aliphatic heterocycles. The second-order valence-electron chi connectivity index (χ2n) is 18.5. The van der Waals surface area contributed by atoms with E-state index >= 15 is 0 Å². The number of carbonyl (C=O) groups is 4. The van der Waals surface area contributed by atoms with Gasteiger partial charge in [0.05, 0.1) is 55.4 Å². The lowest BCUT2D eigenvalue weighted by Crippen LogP contribution is -3.00. The van der Waals surface area contributed by atoms with Crippen molar-refractivity contribution >= 4 is 23.4 Å². The van der Waals surface area contributed by atoms with Crippen molar-refractivity contribution in [3.05, 3.63) is 24.8 Å². The normalized spacial score (nSPS) is 11.9. The summed E-state index contributed by atoms with van der Waals surface area (Å²) in [6.07, 6.45) is 18.9. The molecule has 0 aliphatic carbocycles. The molecule has 0 saturated carbocycles. The maximum Gasteiger partial charge on any atom is 0.223 e. The van der Waals surface area contributed by atoms with Gasteiger partial charge in [-0.15, -0.1) is 0 Å². The fourth-order valence-electron chi connectivity index (χ4n) is 5.12. The van der Waals surface area contributed by atoms with Gasteiger partial charge < -0.3 is 44.4 Å². The minimum Gasteiger partial charge on any atom is -1.00 e. The zero-order valence-corrected chi connectivity index (χ0v) is 39.8. The van der Waals surface area contributed by atoms with Crippen LogP contribution in [0.25, 0.3) is 0 Å². The average Bonchev–Trinajstić information content (AvgIpc) is 3.03. The Labute approximate surface area is 353 Å². The molecule has 0 spiro atoms. The minimum atomic E-state index is 0. The molecule has 1 atom stereocenters. The van der Waals surface area contributed by atoms with Crippen LogP contribution < -0.4 is 35.4 Å². The first-order valence-electron chi connectivity index (χ1n) is 21.0. The molecule has 2 N–H and O–H groups in total. The average molecular weight is 822 g/mol. The monoisotopic (exact) mass is 821 g/mol. The van der Waals surface area contributed by atoms with E-state index in [9.17, 15) is 19.2 Å². The van der Waals surface area contributed by atoms with Crippen molar-refractivity contribution in [2.75, 3.05) is 68.5 Å². The van der Waals surface area contributed by atoms with Crippen LogP contribution >= 0.6 is 0 Å². The first-order chi connectivity index (χ1) is 24.5. The molecule has 0 aromatic heterocycles. The Balaban J connectivity index is -0.000000251. The van der Waals surface area contributed by atoms with Crippen LogP contribution in [0.3, 0.4) is 0 Å². The molecular formula is C45H90Cl2N4O4. The summed E-state index contributed by atoms with van der Waals surface area (Å²) in [4.78, 5) is 47.1. The van der Waals surface area contributed by atoms with E-state index in [0.29, 0.717) is 43.3 Å². The quantitative estimate of drug-likeness (QED) is 0.0722. The lowest BCUT2D eigenvalue weighted by atomic mass is 9.90. The summed E-state index contributed by atoms with van der Waals surface area (Å²) in [7, 11) is 12.9. The van der Waals surface area contributed by atoms with Crippen molar-refractivity contribution < 1.29 is 53.0 Å². The highest BCUT2D eigenvalue weighted by Gasteiger charge is 2.20. The van der Waals surface area contributed by atoms with Crippen molar-refractivity contribution in [3.63, 3.8) is 0 Å². The topological polar surface area (TPSA) is 92.3 Å². The predicted molar refractivity (Wildman–Crippen MR) is 229 cm³/mol. The maximum atomic E-state index is 12.1. The second-order valence-corrected chi connectivity index (χ2v) is 18.5. The van der Waals surface area contributed by atoms with Crippen LogP contribution in [0.15, 0.2) is 24.8 Å². The van der Waals surface area contributed by atoms with Crippen LogP contribution in [0, 0.1) is 29.6 Å². The highest BCUT2D eigenvalue weighted by molar-refractivity contribution is 5.82. The zero-order chi connectivity index (χ0) is 41.5. The first kappa shape index (κ1) is 62.5. The number of nitrogens with zero attached hydrogens (tertiary/aromatic N) is 2. The number of amides is 2. The largest absolute Gasteiger partial charge is 1.00 e. The number of hydrogen-bond acceptors (Lipinski definition) is 4. The number of halogens is 2. The van der Waals surface area contributed by atoms with Crippen LogP contribution in [0.2, 0.25) is 0 Å². The van der Waals surface area contributed by atoms with Gasteiger partial charge in [0.1, 0.15) is 11.6 Å². The SMILES string of the molecule is C=CC[N+](C)(C)C.CC(C)CCCCCCCNC(=O)C/C=C/CC(=O)C(C)C.CC(C)CCCNC(=O)CCC(CC[N+](C)(C)C)CC(=O)C(C)C.[Cl-].[Cl-]. The third kappa shape index (κ3) is 52.3. The standard InChI is InChI=1S/C20H40N2O2.C19H35NO2.C6H14N.2ClH/c1-16(2)9-8-13-21-20(24)11-10-18(12-14-22(5,6)7)15-19(23)17(3)4;1-16(2)12-8-6-5-7-11-15-20-19(22)14-10-9-13-18(21)17(3)4;1-5-6-7(2,3)4;;/h16-18H,8-15H2,1-7H3;9-10,16-17H,5-8,11-15H2,1-4H3,(H,20,22);5H,1,6H2,2-4H3;2*1H/q;;+1;;/p-1/b;10-9+;;;. The van der Waals surface area contributed by atoms with Gasteiger partial charge in [-0.3, -0.25) is 19.2 Å². The smallest absolute Gasteiger partial charge is 0.223 e. The van der Waals surface area contributed by atoms with E-state index in [0.717, 1.165) is 73.2 Å². The van der Waals surface area contributed by atoms with Gasteiger partial charge in [-0.05, 0) is 55.9 Å². The van der Waals surface area contributed by atoms with E-state index in [2.05, 4.69) is 87.2 Å². The number of Topliss-reactive ketones (excluding diaryl/α,β-unsaturated/α-hetero) is 2. The molecule has 2 amide bonds. The van der Waals surface area contributed by atoms with Crippen molar-refractivity contribution in [2.24, 2.45) is 29.6 Å². The van der Waals surface area contributed by atoms with Gasteiger partial charge in [-0.2, -0.15) is 0 Å². The van der Waals surface area contributed by atoms with E-state index in [1.54, 1.807) is 12.2 Å². The van der Waals surface area contributed by atoms with Crippen LogP contribution in [0.1, 0.15) is 145 Å². The van der Waals surface area contributed by atoms with Crippen LogP contribution in [-0.2, 0) is 19.2 Å². The number of rotatable bonds is 28. The highest BCUT2D eigenvalue weighted by atomic mass is 35.5. The van der Waals surface area contributed by atoms with Crippen LogP contribution in [0.5, 0.6) is 0 Å². The molecule has 10 heteroatoms. The minimum absolute atomic E-state index is 0. The molecule has 0 heterocycles. The number of nitrogens with one attached hydrogen (secondary N) is 2. The maximum absolute atomic E-state index is 12.1. The highest BCUT2D eigenvalue weighted by Crippen LogP contribution is 2.20. The van der Waals surface area contributed by atoms with E-state index in [4.69, 9.17) is 0 Å². The Bertz CT molecular complexity index is 1000. The molecule has 0 rings (SSSR count). The molecule has 0 bridgehead atoms. The van der Waals surface area contributed by atoms with Gasteiger partial charge in [-0.1, -0.05) is 106 Å². The van der Waals surface area contributed by atoms with E-state index < -0.39 is 0 Å². The van der Waals surface area contributed by atoms with E-state index in [1.807, 2.05) is 33.8 Å². The Morgan fingerprint density at radius 2 is 1.04 bits per heavy atom. The molecule has 0 aromatic carbocycles. The van der Waals surface area contributed by atoms with Gasteiger partial charge in [0.15, 0.2) is 0 Å². The molecule has 328 valence electrons. The molecule has 55 heavy (non-hydrogen) atoms. The van der Waals surface area contributed by atoms with Crippen LogP contribution in [-0.4, -0.2) is 101 Å². The summed E-state index contributed by atoms with van der Waals surface area (Å²) < 4.78 is 1.87. The first-order valence-corrected chi connectivity index (χ1v) is 21.0. The van der Waals surface area contributed by atoms with E-state index in [1.165, 1.54) is 32.1 Å². The summed E-state index contributed by atoms with van der Waals surface area (Å²) in [6.45, 7) is 23.9. The number of allylic oxidation sites excluding steroid dienone is 1. The van der Waals surface area contributed by atoms with Crippen LogP contribution in [0.4, 0.5) is 0 Å². The number of unbranched alkanes of at least 4 members (excludes halogenated alkanes) is 4. The molecular weight excluding hydrogens is 731 g/mol. The number of carbonyl (C=O) groups excluding carboxylic acids is 4. The number of hydrogen-bond donors (Lipinski definition) is 2. The van der Waals surface area contributed by atoms with Gasteiger partial charge >= 0.3 is 0 Å². The summed E-state index contributed by atoms with van der Waals surface area (Å²) in [5.41, 5.74) is 0. The zero-order valence-electron chi connectivity index (χ0n) is 38.3. The van der Waals surface area contributed by atoms with Crippen molar-refractivity contribution in [1.82, 2.24) is 10.6 Å². The lowest BCUT2D eigenvalue weighted by molar-refractivity contribution is -0.870. The number of ketones is 2. The van der Waals surface area contributed by atoms with Gasteiger partial charge in [0, 0.05) is 50.6 Å². The summed E-state index contributed by atoms with van der Waals surface area (Å²) >= 11 is 0. The van der Waals surface area contributed by atoms with Gasteiger partial charge in [-0.25, -0.2) is 0 Å². The predicted octanol–water partition coefficient (Wildman–Crippen LogP) is 3.19. The lowest BCUT2D eigenvalue weighted by Gasteiger charge is -2.26. The summed E-state index contributed by atoms with van der Waals surface area (Å²) in [5, 5.41) is 5.94. The Morgan fingerprint density at radius 3 is 1.51 bits per heavy atom. The third-order valence-corrected chi connectivity index (χ3v) is 8.79. The van der Waals surface area contributed by atoms with Crippen molar-refractivity contribution in [1.29, 1.82) is 0 Å². The molecule has 0 aliphatic rings. The number of likely N-dealkylation sites (N-methyl/N-ethyl adjacent to an activating group) is 1. The third-order valence-electron chi connectivity index (χ3n) is 8.79. The van der Waals surface area contributed by atoms with Crippen molar-refractivity contribution in [3.8, 4) is 0 Å². The Hall–Kier alpha value is -1.74. The van der Waals surface area contributed by atoms with Gasteiger partial charge in [0.2, 0.25) is 11.8 Å². The Morgan fingerprint density at radius 1 is 0.564 bits per heavy atom. The molecule has 0 radical (unpaired) electrons. The fourth-order valence-corrected chi connectivity index (χ4v) is 5.12. The molecule has 0 aromatic rings. The fraction of sp³-hybridized carbons (Fsp3) is 0.822. The summed E-state index contributed by atoms with van der Waals surface area (Å²) in [5.74, 6) is 2.68. The molecule has 0 fully saturated rings.